The number of halogens is 2. The summed E-state index contributed by atoms with van der Waals surface area (Å²) in [6.45, 7) is 0.0768. The lowest BCUT2D eigenvalue weighted by Crippen LogP contribution is -2.19. The number of hydrogen-bond donors (Lipinski definition) is 1. The van der Waals surface area contributed by atoms with Crippen molar-refractivity contribution < 1.29 is 9.18 Å². The molecule has 0 aliphatic heterocycles. The van der Waals surface area contributed by atoms with Gasteiger partial charge in [0, 0.05) is 3.57 Å². The number of nitrogens with one attached hydrogen (secondary N) is 1. The Bertz CT molecular complexity index is 529. The van der Waals surface area contributed by atoms with E-state index < -0.39 is 0 Å². The molecule has 1 aromatic carbocycles. The van der Waals surface area contributed by atoms with Crippen LogP contribution in [0.1, 0.15) is 0 Å². The first kappa shape index (κ1) is 12.0. The lowest BCUT2D eigenvalue weighted by atomic mass is 10.3. The number of amides is 1. The molecule has 2 rings (SSSR count). The lowest BCUT2D eigenvalue weighted by Gasteiger charge is -2.07. The molecule has 0 radical (unpaired) electrons. The Labute approximate surface area is 110 Å². The molecule has 0 aliphatic carbocycles. The van der Waals surface area contributed by atoms with Crippen molar-refractivity contribution in [2.75, 3.05) is 5.32 Å². The Balaban J connectivity index is 2.03. The van der Waals surface area contributed by atoms with Gasteiger partial charge in [-0.3, -0.25) is 4.79 Å². The van der Waals surface area contributed by atoms with Crippen molar-refractivity contribution in [3.05, 3.63) is 40.2 Å². The standard InChI is InChI=1S/C10H8FIN4O/c11-7-1-2-9(8(12)3-7)15-10(17)4-16-6-13-5-14-16/h1-3,5-6H,4H2,(H,15,17). The molecule has 7 heteroatoms. The molecule has 1 N–H and O–H groups in total. The maximum Gasteiger partial charge on any atom is 0.246 e. The maximum atomic E-state index is 12.9. The van der Waals surface area contributed by atoms with Crippen molar-refractivity contribution in [3.8, 4) is 0 Å². The zero-order valence-electron chi connectivity index (χ0n) is 8.60. The highest BCUT2D eigenvalue weighted by Gasteiger charge is 2.07. The van der Waals surface area contributed by atoms with Gasteiger partial charge in [-0.05, 0) is 40.8 Å². The highest BCUT2D eigenvalue weighted by atomic mass is 127. The van der Waals surface area contributed by atoms with E-state index in [9.17, 15) is 9.18 Å². The van der Waals surface area contributed by atoms with Crippen LogP contribution in [0.3, 0.4) is 0 Å². The van der Waals surface area contributed by atoms with Crippen LogP contribution in [0.15, 0.2) is 30.9 Å². The van der Waals surface area contributed by atoms with Crippen LogP contribution in [0.5, 0.6) is 0 Å². The Hall–Kier alpha value is -1.51. The number of anilines is 1. The molecule has 0 fully saturated rings. The van der Waals surface area contributed by atoms with Gasteiger partial charge in [-0.1, -0.05) is 0 Å². The zero-order valence-corrected chi connectivity index (χ0v) is 10.8. The molecule has 5 nitrogen and oxygen atoms in total. The molecule has 1 heterocycles. The van der Waals surface area contributed by atoms with E-state index in [1.54, 1.807) is 0 Å². The van der Waals surface area contributed by atoms with Crippen LogP contribution < -0.4 is 5.32 Å². The quantitative estimate of drug-likeness (QED) is 0.860. The summed E-state index contributed by atoms with van der Waals surface area (Å²) in [7, 11) is 0. The highest BCUT2D eigenvalue weighted by molar-refractivity contribution is 14.1. The first-order valence-electron chi connectivity index (χ1n) is 4.72. The molecule has 0 bridgehead atoms. The van der Waals surface area contributed by atoms with Gasteiger partial charge in [0.15, 0.2) is 0 Å². The van der Waals surface area contributed by atoms with Gasteiger partial charge in [0.2, 0.25) is 5.91 Å². The Kier molecular flexibility index (Phi) is 3.67. The summed E-state index contributed by atoms with van der Waals surface area (Å²) in [5, 5.41) is 6.49. The fourth-order valence-corrected chi connectivity index (χ4v) is 1.85. The number of carbonyl (C=O) groups is 1. The molecule has 0 saturated heterocycles. The molecule has 1 amide bonds. The van der Waals surface area contributed by atoms with Crippen LogP contribution in [0.4, 0.5) is 10.1 Å². The summed E-state index contributed by atoms with van der Waals surface area (Å²) < 4.78 is 14.9. The van der Waals surface area contributed by atoms with Gasteiger partial charge in [0.25, 0.3) is 0 Å². The minimum atomic E-state index is -0.330. The number of aromatic nitrogens is 3. The maximum absolute atomic E-state index is 12.9. The predicted octanol–water partition coefficient (Wildman–Crippen LogP) is 1.66. The smallest absolute Gasteiger partial charge is 0.246 e. The molecule has 0 spiro atoms. The SMILES string of the molecule is O=C(Cn1cncn1)Nc1ccc(F)cc1I. The fourth-order valence-electron chi connectivity index (χ4n) is 1.24. The average Bonchev–Trinajstić information content (AvgIpc) is 2.75. The molecule has 0 aliphatic rings. The average molecular weight is 346 g/mol. The van der Waals surface area contributed by atoms with Crippen LogP contribution in [0.2, 0.25) is 0 Å². The van der Waals surface area contributed by atoms with Crippen LogP contribution in [0, 0.1) is 9.39 Å². The van der Waals surface area contributed by atoms with Gasteiger partial charge in [0.05, 0.1) is 5.69 Å². The summed E-state index contributed by atoms with van der Waals surface area (Å²) in [5.74, 6) is -0.566. The highest BCUT2D eigenvalue weighted by Crippen LogP contribution is 2.18. The van der Waals surface area contributed by atoms with Crippen molar-refractivity contribution in [2.24, 2.45) is 0 Å². The summed E-state index contributed by atoms with van der Waals surface area (Å²) in [5.41, 5.74) is 0.581. The van der Waals surface area contributed by atoms with Crippen LogP contribution >= 0.6 is 22.6 Å². The van der Waals surface area contributed by atoms with Crippen LogP contribution in [-0.4, -0.2) is 20.7 Å². The van der Waals surface area contributed by atoms with Crippen molar-refractivity contribution >= 4 is 34.2 Å². The molecule has 17 heavy (non-hydrogen) atoms. The third kappa shape index (κ3) is 3.22. The first-order valence-corrected chi connectivity index (χ1v) is 5.80. The molecular formula is C10H8FIN4O. The summed E-state index contributed by atoms with van der Waals surface area (Å²) in [4.78, 5) is 15.4. The minimum Gasteiger partial charge on any atom is -0.324 e. The molecule has 0 atom stereocenters. The number of benzene rings is 1. The van der Waals surface area contributed by atoms with Gasteiger partial charge in [0.1, 0.15) is 25.0 Å². The van der Waals surface area contributed by atoms with E-state index >= 15 is 0 Å². The fraction of sp³-hybridized carbons (Fsp3) is 0.100. The molecule has 2 aromatic rings. The summed E-state index contributed by atoms with van der Waals surface area (Å²) >= 11 is 1.96. The summed E-state index contributed by atoms with van der Waals surface area (Å²) in [6.07, 6.45) is 2.81. The van der Waals surface area contributed by atoms with Gasteiger partial charge in [-0.25, -0.2) is 14.1 Å². The summed E-state index contributed by atoms with van der Waals surface area (Å²) in [6, 6.07) is 4.18. The van der Waals surface area contributed by atoms with E-state index in [0.29, 0.717) is 9.26 Å². The van der Waals surface area contributed by atoms with Crippen LogP contribution in [-0.2, 0) is 11.3 Å². The van der Waals surface area contributed by atoms with E-state index in [-0.39, 0.29) is 18.3 Å². The molecule has 1 aromatic heterocycles. The van der Waals surface area contributed by atoms with E-state index in [1.165, 1.54) is 35.5 Å². The van der Waals surface area contributed by atoms with E-state index in [0.717, 1.165) is 0 Å². The van der Waals surface area contributed by atoms with E-state index in [1.807, 2.05) is 22.6 Å². The lowest BCUT2D eigenvalue weighted by molar-refractivity contribution is -0.116. The van der Waals surface area contributed by atoms with Gasteiger partial charge in [-0.15, -0.1) is 0 Å². The van der Waals surface area contributed by atoms with Crippen molar-refractivity contribution in [1.29, 1.82) is 0 Å². The molecular weight excluding hydrogens is 338 g/mol. The zero-order chi connectivity index (χ0) is 12.3. The monoisotopic (exact) mass is 346 g/mol. The second-order valence-corrected chi connectivity index (χ2v) is 4.43. The second-order valence-electron chi connectivity index (χ2n) is 3.27. The molecule has 0 saturated carbocycles. The third-order valence-electron chi connectivity index (χ3n) is 1.98. The minimum absolute atomic E-state index is 0.0768. The Morgan fingerprint density at radius 2 is 2.35 bits per heavy atom. The van der Waals surface area contributed by atoms with Crippen molar-refractivity contribution in [3.63, 3.8) is 0 Å². The third-order valence-corrected chi connectivity index (χ3v) is 2.87. The number of hydrogen-bond acceptors (Lipinski definition) is 3. The topological polar surface area (TPSA) is 59.8 Å². The van der Waals surface area contributed by atoms with Crippen molar-refractivity contribution in [2.45, 2.75) is 6.54 Å². The molecule has 0 unspecified atom stereocenters. The Morgan fingerprint density at radius 3 is 3.00 bits per heavy atom. The normalized spacial score (nSPS) is 10.2. The van der Waals surface area contributed by atoms with Gasteiger partial charge >= 0.3 is 0 Å². The van der Waals surface area contributed by atoms with Crippen molar-refractivity contribution in [1.82, 2.24) is 14.8 Å². The van der Waals surface area contributed by atoms with Gasteiger partial charge in [-0.2, -0.15) is 5.10 Å². The largest absolute Gasteiger partial charge is 0.324 e. The van der Waals surface area contributed by atoms with Gasteiger partial charge < -0.3 is 5.32 Å². The first-order chi connectivity index (χ1) is 8.15. The number of rotatable bonds is 3. The predicted molar refractivity (Wildman–Crippen MR) is 67.8 cm³/mol. The number of nitrogens with zero attached hydrogens (tertiary/aromatic N) is 3. The number of carbonyl (C=O) groups excluding carboxylic acids is 1. The van der Waals surface area contributed by atoms with E-state index in [2.05, 4.69) is 15.4 Å². The second kappa shape index (κ2) is 5.21. The van der Waals surface area contributed by atoms with Crippen LogP contribution in [0.25, 0.3) is 0 Å². The van der Waals surface area contributed by atoms with E-state index in [4.69, 9.17) is 0 Å². The molecule has 88 valence electrons. The Morgan fingerprint density at radius 1 is 1.53 bits per heavy atom.